The molecule has 1 rings (SSSR count). The molecule has 1 aromatic carbocycles. The van der Waals surface area contributed by atoms with Crippen LogP contribution in [0.1, 0.15) is 13.3 Å². The van der Waals surface area contributed by atoms with Crippen LogP contribution < -0.4 is 5.32 Å². The second-order valence-electron chi connectivity index (χ2n) is 3.78. The van der Waals surface area contributed by atoms with E-state index in [1.807, 2.05) is 6.92 Å². The van der Waals surface area contributed by atoms with Crippen LogP contribution in [-0.2, 0) is 4.79 Å². The van der Waals surface area contributed by atoms with Gasteiger partial charge in [-0.05, 0) is 18.6 Å². The Kier molecular flexibility index (Phi) is 6.86. The zero-order chi connectivity index (χ0) is 13.5. The van der Waals surface area contributed by atoms with Gasteiger partial charge in [-0.15, -0.1) is 11.8 Å². The fourth-order valence-electron chi connectivity index (χ4n) is 1.27. The van der Waals surface area contributed by atoms with Crippen molar-refractivity contribution in [3.63, 3.8) is 0 Å². The molecule has 3 nitrogen and oxygen atoms in total. The first-order chi connectivity index (χ1) is 8.54. The van der Waals surface area contributed by atoms with Gasteiger partial charge in [0.2, 0.25) is 5.91 Å². The minimum Gasteiger partial charge on any atom is -0.396 e. The summed E-state index contributed by atoms with van der Waals surface area (Å²) >= 11 is 13.3. The summed E-state index contributed by atoms with van der Waals surface area (Å²) in [5.74, 6) is 0.193. The van der Waals surface area contributed by atoms with E-state index in [4.69, 9.17) is 28.3 Å². The van der Waals surface area contributed by atoms with Crippen LogP contribution in [0.5, 0.6) is 0 Å². The normalized spacial score (nSPS) is 12.2. The van der Waals surface area contributed by atoms with E-state index in [2.05, 4.69) is 5.32 Å². The summed E-state index contributed by atoms with van der Waals surface area (Å²) in [6.45, 7) is 2.11. The number of hydrogen-bond acceptors (Lipinski definition) is 3. The fourth-order valence-corrected chi connectivity index (χ4v) is 2.40. The number of carbonyl (C=O) groups excluding carboxylic acids is 1. The topological polar surface area (TPSA) is 49.3 Å². The zero-order valence-electron chi connectivity index (χ0n) is 9.95. The molecule has 0 spiro atoms. The molecule has 0 aromatic heterocycles. The number of thioether (sulfide) groups is 1. The second kappa shape index (κ2) is 7.89. The van der Waals surface area contributed by atoms with Crippen LogP contribution in [0.25, 0.3) is 0 Å². The maximum atomic E-state index is 11.7. The first kappa shape index (κ1) is 15.6. The molecule has 1 amide bonds. The Labute approximate surface area is 121 Å². The maximum Gasteiger partial charge on any atom is 0.234 e. The van der Waals surface area contributed by atoms with E-state index in [0.717, 1.165) is 0 Å². The predicted octanol–water partition coefficient (Wildman–Crippen LogP) is 3.44. The zero-order valence-corrected chi connectivity index (χ0v) is 12.3. The molecule has 18 heavy (non-hydrogen) atoms. The highest BCUT2D eigenvalue weighted by Crippen LogP contribution is 2.29. The average molecular weight is 308 g/mol. The van der Waals surface area contributed by atoms with Gasteiger partial charge in [0, 0.05) is 11.9 Å². The summed E-state index contributed by atoms with van der Waals surface area (Å²) in [7, 11) is 0. The molecule has 100 valence electrons. The van der Waals surface area contributed by atoms with Gasteiger partial charge in [-0.2, -0.15) is 0 Å². The molecule has 0 fully saturated rings. The number of anilines is 1. The number of benzene rings is 1. The Morgan fingerprint density at radius 2 is 2.22 bits per heavy atom. The van der Waals surface area contributed by atoms with Gasteiger partial charge >= 0.3 is 0 Å². The van der Waals surface area contributed by atoms with Crippen LogP contribution in [0.15, 0.2) is 18.2 Å². The third-order valence-corrected chi connectivity index (χ3v) is 4.31. The summed E-state index contributed by atoms with van der Waals surface area (Å²) in [4.78, 5) is 11.7. The summed E-state index contributed by atoms with van der Waals surface area (Å²) < 4.78 is 0. The third-order valence-electron chi connectivity index (χ3n) is 2.26. The molecule has 0 heterocycles. The largest absolute Gasteiger partial charge is 0.396 e. The van der Waals surface area contributed by atoms with Gasteiger partial charge in [-0.3, -0.25) is 4.79 Å². The lowest BCUT2D eigenvalue weighted by molar-refractivity contribution is -0.113. The van der Waals surface area contributed by atoms with Gasteiger partial charge in [0.25, 0.3) is 0 Å². The van der Waals surface area contributed by atoms with Crippen molar-refractivity contribution in [2.24, 2.45) is 0 Å². The Morgan fingerprint density at radius 1 is 1.50 bits per heavy atom. The molecule has 0 aliphatic heterocycles. The van der Waals surface area contributed by atoms with Gasteiger partial charge in [0.1, 0.15) is 0 Å². The third kappa shape index (κ3) is 5.06. The van der Waals surface area contributed by atoms with Crippen molar-refractivity contribution in [3.05, 3.63) is 28.2 Å². The average Bonchev–Trinajstić information content (AvgIpc) is 2.33. The molecule has 0 aliphatic rings. The minimum absolute atomic E-state index is 0.131. The SMILES string of the molecule is CC(CCO)SCC(=O)Nc1cccc(Cl)c1Cl. The van der Waals surface area contributed by atoms with Gasteiger partial charge in [-0.25, -0.2) is 0 Å². The fraction of sp³-hybridized carbons (Fsp3) is 0.417. The summed E-state index contributed by atoms with van der Waals surface area (Å²) in [5.41, 5.74) is 0.518. The molecule has 6 heteroatoms. The standard InChI is InChI=1S/C12H15Cl2NO2S/c1-8(5-6-16)18-7-11(17)15-10-4-2-3-9(13)12(10)14/h2-4,8,16H,5-7H2,1H3,(H,15,17). The molecular weight excluding hydrogens is 293 g/mol. The molecule has 0 saturated carbocycles. The van der Waals surface area contributed by atoms with Gasteiger partial charge in [-0.1, -0.05) is 36.2 Å². The number of halogens is 2. The van der Waals surface area contributed by atoms with Crippen LogP contribution in [0.3, 0.4) is 0 Å². The number of aliphatic hydroxyl groups excluding tert-OH is 1. The van der Waals surface area contributed by atoms with Crippen LogP contribution in [0.4, 0.5) is 5.69 Å². The van der Waals surface area contributed by atoms with E-state index in [9.17, 15) is 4.79 Å². The van der Waals surface area contributed by atoms with E-state index >= 15 is 0 Å². The predicted molar refractivity (Wildman–Crippen MR) is 78.7 cm³/mol. The van der Waals surface area contributed by atoms with Crippen molar-refractivity contribution in [3.8, 4) is 0 Å². The van der Waals surface area contributed by atoms with Crippen LogP contribution in [-0.4, -0.2) is 28.6 Å². The van der Waals surface area contributed by atoms with Crippen molar-refractivity contribution in [2.45, 2.75) is 18.6 Å². The summed E-state index contributed by atoms with van der Waals surface area (Å²) in [5, 5.41) is 12.5. The van der Waals surface area contributed by atoms with Crippen molar-refractivity contribution < 1.29 is 9.90 Å². The second-order valence-corrected chi connectivity index (χ2v) is 6.00. The molecule has 1 atom stereocenters. The van der Waals surface area contributed by atoms with Crippen LogP contribution in [0, 0.1) is 0 Å². The van der Waals surface area contributed by atoms with E-state index in [1.54, 1.807) is 18.2 Å². The van der Waals surface area contributed by atoms with Crippen molar-refractivity contribution >= 4 is 46.6 Å². The summed E-state index contributed by atoms with van der Waals surface area (Å²) in [6, 6.07) is 5.09. The van der Waals surface area contributed by atoms with Crippen molar-refractivity contribution in [2.75, 3.05) is 17.7 Å². The van der Waals surface area contributed by atoms with Crippen molar-refractivity contribution in [1.82, 2.24) is 0 Å². The van der Waals surface area contributed by atoms with Gasteiger partial charge in [0.05, 0.1) is 21.5 Å². The molecule has 1 aromatic rings. The molecule has 0 radical (unpaired) electrons. The smallest absolute Gasteiger partial charge is 0.234 e. The van der Waals surface area contributed by atoms with Crippen LogP contribution >= 0.6 is 35.0 Å². The maximum absolute atomic E-state index is 11.7. The van der Waals surface area contributed by atoms with Gasteiger partial charge < -0.3 is 10.4 Å². The first-order valence-corrected chi connectivity index (χ1v) is 7.31. The number of nitrogens with one attached hydrogen (secondary N) is 1. The highest BCUT2D eigenvalue weighted by Gasteiger charge is 2.10. The lowest BCUT2D eigenvalue weighted by Crippen LogP contribution is -2.16. The first-order valence-electron chi connectivity index (χ1n) is 5.51. The number of hydrogen-bond donors (Lipinski definition) is 2. The highest BCUT2D eigenvalue weighted by molar-refractivity contribution is 8.00. The van der Waals surface area contributed by atoms with Crippen LogP contribution in [0.2, 0.25) is 10.0 Å². The van der Waals surface area contributed by atoms with E-state index < -0.39 is 0 Å². The highest BCUT2D eigenvalue weighted by atomic mass is 35.5. The molecule has 0 aliphatic carbocycles. The number of aliphatic hydroxyl groups is 1. The van der Waals surface area contributed by atoms with E-state index in [-0.39, 0.29) is 17.8 Å². The summed E-state index contributed by atoms with van der Waals surface area (Å²) in [6.07, 6.45) is 0.676. The molecule has 0 saturated heterocycles. The number of rotatable bonds is 6. The number of amides is 1. The Bertz CT molecular complexity index is 415. The molecule has 0 bridgehead atoms. The minimum atomic E-state index is -0.131. The monoisotopic (exact) mass is 307 g/mol. The Morgan fingerprint density at radius 3 is 2.89 bits per heavy atom. The van der Waals surface area contributed by atoms with E-state index in [1.165, 1.54) is 11.8 Å². The lowest BCUT2D eigenvalue weighted by atomic mass is 10.3. The Hall–Kier alpha value is -0.420. The van der Waals surface area contributed by atoms with Crippen molar-refractivity contribution in [1.29, 1.82) is 0 Å². The van der Waals surface area contributed by atoms with Gasteiger partial charge in [0.15, 0.2) is 0 Å². The quantitative estimate of drug-likeness (QED) is 0.846. The van der Waals surface area contributed by atoms with E-state index in [0.29, 0.717) is 27.9 Å². The molecule has 1 unspecified atom stereocenters. The molecule has 2 N–H and O–H groups in total. The lowest BCUT2D eigenvalue weighted by Gasteiger charge is -2.10. The number of carbonyl (C=O) groups is 1. The Balaban J connectivity index is 2.47. The molecular formula is C12H15Cl2NO2S.